The second kappa shape index (κ2) is 5.15. The maximum atomic E-state index is 8.83. The van der Waals surface area contributed by atoms with Crippen molar-refractivity contribution in [1.82, 2.24) is 9.97 Å². The molecule has 0 radical (unpaired) electrons. The number of nitrogen functional groups attached to an aromatic ring is 1. The molecule has 3 N–H and O–H groups in total. The molecular formula is C13H13N5. The van der Waals surface area contributed by atoms with Gasteiger partial charge in [0.25, 0.3) is 0 Å². The standard InChI is InChI=1S/C13H13N5/c1-9-6-11(7-14)18-13(17-9)16-8-10-4-2-3-5-12(10)15/h2-6H,8,15H2,1H3,(H,16,17,18). The van der Waals surface area contributed by atoms with Crippen LogP contribution in [0.25, 0.3) is 0 Å². The topological polar surface area (TPSA) is 87.6 Å². The zero-order valence-electron chi connectivity index (χ0n) is 10.0. The number of nitriles is 1. The molecule has 18 heavy (non-hydrogen) atoms. The third kappa shape index (κ3) is 2.74. The van der Waals surface area contributed by atoms with Crippen LogP contribution in [0.1, 0.15) is 17.0 Å². The van der Waals surface area contributed by atoms with E-state index in [4.69, 9.17) is 11.0 Å². The SMILES string of the molecule is Cc1cc(C#N)nc(NCc2ccccc2N)n1. The van der Waals surface area contributed by atoms with E-state index in [0.29, 0.717) is 18.2 Å². The number of para-hydroxylation sites is 1. The van der Waals surface area contributed by atoms with Crippen molar-refractivity contribution in [3.8, 4) is 6.07 Å². The van der Waals surface area contributed by atoms with E-state index in [1.807, 2.05) is 37.3 Å². The number of nitrogens with two attached hydrogens (primary N) is 1. The predicted molar refractivity (Wildman–Crippen MR) is 69.7 cm³/mol. The molecule has 0 aliphatic heterocycles. The third-order valence-electron chi connectivity index (χ3n) is 2.46. The lowest BCUT2D eigenvalue weighted by molar-refractivity contribution is 1.02. The number of anilines is 2. The monoisotopic (exact) mass is 239 g/mol. The van der Waals surface area contributed by atoms with Crippen LogP contribution in [0, 0.1) is 18.3 Å². The molecule has 1 aromatic carbocycles. The van der Waals surface area contributed by atoms with Crippen LogP contribution in [0.2, 0.25) is 0 Å². The van der Waals surface area contributed by atoms with Crippen molar-refractivity contribution in [1.29, 1.82) is 5.26 Å². The summed E-state index contributed by atoms with van der Waals surface area (Å²) in [6.07, 6.45) is 0. The summed E-state index contributed by atoms with van der Waals surface area (Å²) in [4.78, 5) is 8.29. The van der Waals surface area contributed by atoms with Crippen molar-refractivity contribution in [2.75, 3.05) is 11.1 Å². The van der Waals surface area contributed by atoms with Gasteiger partial charge in [-0.1, -0.05) is 18.2 Å². The Balaban J connectivity index is 2.14. The molecule has 2 rings (SSSR count). The van der Waals surface area contributed by atoms with Crippen molar-refractivity contribution < 1.29 is 0 Å². The molecule has 0 bridgehead atoms. The Morgan fingerprint density at radius 3 is 2.83 bits per heavy atom. The van der Waals surface area contributed by atoms with Crippen molar-refractivity contribution in [2.45, 2.75) is 13.5 Å². The molecule has 0 saturated heterocycles. The van der Waals surface area contributed by atoms with E-state index in [1.54, 1.807) is 6.07 Å². The van der Waals surface area contributed by atoms with Crippen molar-refractivity contribution >= 4 is 11.6 Å². The zero-order valence-corrected chi connectivity index (χ0v) is 10.0. The van der Waals surface area contributed by atoms with Crippen LogP contribution in [-0.2, 0) is 6.54 Å². The summed E-state index contributed by atoms with van der Waals surface area (Å²) in [6.45, 7) is 2.35. The van der Waals surface area contributed by atoms with Gasteiger partial charge in [-0.3, -0.25) is 0 Å². The highest BCUT2D eigenvalue weighted by molar-refractivity contribution is 5.48. The highest BCUT2D eigenvalue weighted by atomic mass is 15.1. The second-order valence-electron chi connectivity index (χ2n) is 3.88. The Morgan fingerprint density at radius 2 is 2.11 bits per heavy atom. The molecule has 2 aromatic rings. The Hall–Kier alpha value is -2.61. The molecule has 0 fully saturated rings. The van der Waals surface area contributed by atoms with Crippen LogP contribution >= 0.6 is 0 Å². The molecule has 0 spiro atoms. The number of hydrogen-bond acceptors (Lipinski definition) is 5. The first-order valence-corrected chi connectivity index (χ1v) is 5.52. The van der Waals surface area contributed by atoms with Gasteiger partial charge >= 0.3 is 0 Å². The smallest absolute Gasteiger partial charge is 0.224 e. The Bertz CT molecular complexity index is 601. The molecule has 1 aromatic heterocycles. The van der Waals surface area contributed by atoms with Crippen LogP contribution in [0.15, 0.2) is 30.3 Å². The average molecular weight is 239 g/mol. The van der Waals surface area contributed by atoms with E-state index in [-0.39, 0.29) is 0 Å². The summed E-state index contributed by atoms with van der Waals surface area (Å²) in [7, 11) is 0. The number of aryl methyl sites for hydroxylation is 1. The average Bonchev–Trinajstić information content (AvgIpc) is 2.37. The molecule has 5 heteroatoms. The summed E-state index contributed by atoms with van der Waals surface area (Å²) in [5, 5.41) is 11.9. The van der Waals surface area contributed by atoms with Crippen LogP contribution in [-0.4, -0.2) is 9.97 Å². The third-order valence-corrected chi connectivity index (χ3v) is 2.46. The largest absolute Gasteiger partial charge is 0.398 e. The number of hydrogen-bond donors (Lipinski definition) is 2. The predicted octanol–water partition coefficient (Wildman–Crippen LogP) is 1.85. The number of nitrogens with one attached hydrogen (secondary N) is 1. The minimum absolute atomic E-state index is 0.353. The van der Waals surface area contributed by atoms with Crippen LogP contribution in [0.4, 0.5) is 11.6 Å². The summed E-state index contributed by atoms with van der Waals surface area (Å²) in [6, 6.07) is 11.2. The molecule has 0 atom stereocenters. The first-order chi connectivity index (χ1) is 8.69. The lowest BCUT2D eigenvalue weighted by atomic mass is 10.2. The van der Waals surface area contributed by atoms with Crippen molar-refractivity contribution in [2.24, 2.45) is 0 Å². The van der Waals surface area contributed by atoms with E-state index in [9.17, 15) is 0 Å². The molecule has 0 amide bonds. The molecular weight excluding hydrogens is 226 g/mol. The molecule has 90 valence electrons. The zero-order chi connectivity index (χ0) is 13.0. The van der Waals surface area contributed by atoms with Gasteiger partial charge < -0.3 is 11.1 Å². The summed E-state index contributed by atoms with van der Waals surface area (Å²) < 4.78 is 0. The van der Waals surface area contributed by atoms with Gasteiger partial charge in [-0.2, -0.15) is 5.26 Å². The number of aromatic nitrogens is 2. The maximum Gasteiger partial charge on any atom is 0.224 e. The van der Waals surface area contributed by atoms with Crippen molar-refractivity contribution in [3.63, 3.8) is 0 Å². The van der Waals surface area contributed by atoms with E-state index in [1.165, 1.54) is 0 Å². The quantitative estimate of drug-likeness (QED) is 0.798. The maximum absolute atomic E-state index is 8.83. The molecule has 0 unspecified atom stereocenters. The van der Waals surface area contributed by atoms with Crippen LogP contribution in [0.5, 0.6) is 0 Å². The van der Waals surface area contributed by atoms with Gasteiger partial charge in [0.2, 0.25) is 5.95 Å². The van der Waals surface area contributed by atoms with Crippen LogP contribution < -0.4 is 11.1 Å². The van der Waals surface area contributed by atoms with Gasteiger partial charge in [-0.15, -0.1) is 0 Å². The van der Waals surface area contributed by atoms with Gasteiger partial charge in [-0.05, 0) is 24.6 Å². The Morgan fingerprint density at radius 1 is 1.33 bits per heavy atom. The lowest BCUT2D eigenvalue weighted by Crippen LogP contribution is -2.07. The van der Waals surface area contributed by atoms with Gasteiger partial charge in [0.1, 0.15) is 11.8 Å². The van der Waals surface area contributed by atoms with E-state index >= 15 is 0 Å². The minimum Gasteiger partial charge on any atom is -0.398 e. The molecule has 0 saturated carbocycles. The molecule has 0 aliphatic carbocycles. The number of benzene rings is 1. The van der Waals surface area contributed by atoms with Crippen molar-refractivity contribution in [3.05, 3.63) is 47.3 Å². The van der Waals surface area contributed by atoms with Gasteiger partial charge in [0.05, 0.1) is 0 Å². The Kier molecular flexibility index (Phi) is 3.39. The van der Waals surface area contributed by atoms with E-state index < -0.39 is 0 Å². The van der Waals surface area contributed by atoms with E-state index in [0.717, 1.165) is 16.9 Å². The lowest BCUT2D eigenvalue weighted by Gasteiger charge is -2.07. The first-order valence-electron chi connectivity index (χ1n) is 5.52. The molecule has 0 aliphatic rings. The minimum atomic E-state index is 0.353. The number of nitrogens with zero attached hydrogens (tertiary/aromatic N) is 3. The summed E-state index contributed by atoms with van der Waals surface area (Å²) >= 11 is 0. The summed E-state index contributed by atoms with van der Waals surface area (Å²) in [5.41, 5.74) is 8.64. The molecule has 5 nitrogen and oxygen atoms in total. The van der Waals surface area contributed by atoms with Crippen LogP contribution in [0.3, 0.4) is 0 Å². The number of rotatable bonds is 3. The fourth-order valence-electron chi connectivity index (χ4n) is 1.57. The second-order valence-corrected chi connectivity index (χ2v) is 3.88. The fraction of sp³-hybridized carbons (Fsp3) is 0.154. The van der Waals surface area contributed by atoms with Gasteiger partial charge in [-0.25, -0.2) is 9.97 Å². The Labute approximate surface area is 105 Å². The highest BCUT2D eigenvalue weighted by Gasteiger charge is 2.02. The summed E-state index contributed by atoms with van der Waals surface area (Å²) in [5.74, 6) is 0.440. The first kappa shape index (κ1) is 11.9. The van der Waals surface area contributed by atoms with Gasteiger partial charge in [0, 0.05) is 17.9 Å². The fourth-order valence-corrected chi connectivity index (χ4v) is 1.57. The molecule has 1 heterocycles. The van der Waals surface area contributed by atoms with Gasteiger partial charge in [0.15, 0.2) is 0 Å². The highest BCUT2D eigenvalue weighted by Crippen LogP contribution is 2.12. The van der Waals surface area contributed by atoms with E-state index in [2.05, 4.69) is 15.3 Å². The normalized spacial score (nSPS) is 9.78.